The molecule has 0 aliphatic carbocycles. The lowest BCUT2D eigenvalue weighted by Gasteiger charge is -2.23. The summed E-state index contributed by atoms with van der Waals surface area (Å²) in [6.07, 6.45) is 1.02. The maximum absolute atomic E-state index is 12.2. The highest BCUT2D eigenvalue weighted by molar-refractivity contribution is 7.89. The van der Waals surface area contributed by atoms with E-state index in [0.29, 0.717) is 24.7 Å². The minimum absolute atomic E-state index is 0.159. The number of amides is 1. The van der Waals surface area contributed by atoms with Crippen molar-refractivity contribution in [2.75, 3.05) is 27.2 Å². The first-order chi connectivity index (χ1) is 10.3. The van der Waals surface area contributed by atoms with Crippen LogP contribution < -0.4 is 10.0 Å². The highest BCUT2D eigenvalue weighted by atomic mass is 32.2. The van der Waals surface area contributed by atoms with Gasteiger partial charge in [0.2, 0.25) is 10.0 Å². The highest BCUT2D eigenvalue weighted by Crippen LogP contribution is 2.10. The fraction of sp³-hybridized carbons (Fsp3) is 0.533. The lowest BCUT2D eigenvalue weighted by atomic mass is 10.2. The van der Waals surface area contributed by atoms with Crippen molar-refractivity contribution >= 4 is 15.9 Å². The van der Waals surface area contributed by atoms with Crippen LogP contribution in [0.2, 0.25) is 0 Å². The normalized spacial score (nSPS) is 13.1. The summed E-state index contributed by atoms with van der Waals surface area (Å²) < 4.78 is 26.9. The predicted molar refractivity (Wildman–Crippen MR) is 87.4 cm³/mol. The van der Waals surface area contributed by atoms with Crippen LogP contribution in [0.3, 0.4) is 0 Å². The highest BCUT2D eigenvalue weighted by Gasteiger charge is 2.15. The van der Waals surface area contributed by atoms with Crippen LogP contribution >= 0.6 is 0 Å². The summed E-state index contributed by atoms with van der Waals surface area (Å²) in [7, 11) is -0.0430. The monoisotopic (exact) mass is 327 g/mol. The van der Waals surface area contributed by atoms with E-state index in [2.05, 4.69) is 28.8 Å². The van der Waals surface area contributed by atoms with Crippen LogP contribution in [0.25, 0.3) is 0 Å². The third kappa shape index (κ3) is 5.08. The summed E-state index contributed by atoms with van der Waals surface area (Å²) in [5.74, 6) is -0.243. The molecule has 1 unspecified atom stereocenters. The van der Waals surface area contributed by atoms with Gasteiger partial charge >= 0.3 is 0 Å². The van der Waals surface area contributed by atoms with Gasteiger partial charge < -0.3 is 10.2 Å². The number of nitrogens with zero attached hydrogens (tertiary/aromatic N) is 1. The van der Waals surface area contributed by atoms with Crippen LogP contribution in [-0.2, 0) is 10.0 Å². The molecule has 124 valence electrons. The first-order valence-corrected chi connectivity index (χ1v) is 8.82. The van der Waals surface area contributed by atoms with E-state index in [1.165, 1.54) is 31.3 Å². The third-order valence-electron chi connectivity index (χ3n) is 3.75. The molecule has 0 spiro atoms. The molecular formula is C15H25N3O3S. The van der Waals surface area contributed by atoms with Crippen LogP contribution in [0.15, 0.2) is 29.2 Å². The molecule has 0 saturated heterocycles. The summed E-state index contributed by atoms with van der Waals surface area (Å²) in [6.45, 7) is 5.19. The Balaban J connectivity index is 2.65. The number of carbonyl (C=O) groups excluding carboxylic acids is 1. The maximum Gasteiger partial charge on any atom is 0.251 e. The summed E-state index contributed by atoms with van der Waals surface area (Å²) in [5, 5.41) is 2.49. The molecule has 0 heterocycles. The van der Waals surface area contributed by atoms with Crippen molar-refractivity contribution in [3.05, 3.63) is 29.8 Å². The molecular weight excluding hydrogens is 302 g/mol. The molecule has 0 radical (unpaired) electrons. The van der Waals surface area contributed by atoms with Gasteiger partial charge in [-0.15, -0.1) is 0 Å². The Morgan fingerprint density at radius 2 is 1.86 bits per heavy atom. The van der Waals surface area contributed by atoms with E-state index >= 15 is 0 Å². The molecule has 1 rings (SSSR count). The Hall–Kier alpha value is -1.44. The zero-order valence-corrected chi connectivity index (χ0v) is 14.4. The molecule has 0 saturated carbocycles. The minimum Gasteiger partial charge on any atom is -0.355 e. The molecule has 22 heavy (non-hydrogen) atoms. The van der Waals surface area contributed by atoms with Gasteiger partial charge in [0.05, 0.1) is 4.90 Å². The van der Waals surface area contributed by atoms with Crippen molar-refractivity contribution in [3.8, 4) is 0 Å². The quantitative estimate of drug-likeness (QED) is 0.748. The second kappa shape index (κ2) is 8.26. The maximum atomic E-state index is 12.2. The van der Waals surface area contributed by atoms with E-state index in [9.17, 15) is 13.2 Å². The average Bonchev–Trinajstić information content (AvgIpc) is 2.53. The summed E-state index contributed by atoms with van der Waals surface area (Å²) in [6, 6.07) is 6.28. The first kappa shape index (κ1) is 18.6. The minimum atomic E-state index is -3.55. The van der Waals surface area contributed by atoms with Gasteiger partial charge in [-0.1, -0.05) is 6.92 Å². The zero-order chi connectivity index (χ0) is 16.8. The van der Waals surface area contributed by atoms with Crippen molar-refractivity contribution in [1.82, 2.24) is 14.9 Å². The van der Waals surface area contributed by atoms with Crippen molar-refractivity contribution in [1.29, 1.82) is 0 Å². The lowest BCUT2D eigenvalue weighted by molar-refractivity contribution is 0.0963. The van der Waals surface area contributed by atoms with Gasteiger partial charge in [0.15, 0.2) is 0 Å². The van der Waals surface area contributed by atoms with E-state index in [1.807, 2.05) is 7.05 Å². The number of hydrogen-bond acceptors (Lipinski definition) is 4. The Bertz CT molecular complexity index is 585. The molecule has 1 amide bonds. The van der Waals surface area contributed by atoms with Crippen molar-refractivity contribution in [2.45, 2.75) is 31.2 Å². The number of hydrogen-bond donors (Lipinski definition) is 2. The molecule has 0 fully saturated rings. The van der Waals surface area contributed by atoms with Crippen molar-refractivity contribution in [3.63, 3.8) is 0 Å². The second-order valence-corrected chi connectivity index (χ2v) is 7.01. The smallest absolute Gasteiger partial charge is 0.251 e. The Labute approximate surface area is 132 Å². The molecule has 1 aromatic carbocycles. The van der Waals surface area contributed by atoms with E-state index < -0.39 is 10.0 Å². The fourth-order valence-corrected chi connectivity index (χ4v) is 2.92. The van der Waals surface area contributed by atoms with Crippen molar-refractivity contribution in [2.24, 2.45) is 0 Å². The van der Waals surface area contributed by atoms with E-state index in [0.717, 1.165) is 6.42 Å². The zero-order valence-electron chi connectivity index (χ0n) is 13.6. The van der Waals surface area contributed by atoms with Crippen LogP contribution in [-0.4, -0.2) is 52.5 Å². The summed E-state index contributed by atoms with van der Waals surface area (Å²) in [4.78, 5) is 13.7. The number of nitrogens with one attached hydrogen (secondary N) is 2. The van der Waals surface area contributed by atoms with Gasteiger partial charge in [0.25, 0.3) is 5.91 Å². The molecule has 7 heteroatoms. The number of benzene rings is 1. The first-order valence-electron chi connectivity index (χ1n) is 7.33. The molecule has 1 aromatic rings. The Kier molecular flexibility index (Phi) is 6.99. The van der Waals surface area contributed by atoms with Gasteiger partial charge in [-0.25, -0.2) is 13.1 Å². The van der Waals surface area contributed by atoms with Gasteiger partial charge in [0, 0.05) is 31.7 Å². The van der Waals surface area contributed by atoms with Crippen molar-refractivity contribution < 1.29 is 13.2 Å². The van der Waals surface area contributed by atoms with Gasteiger partial charge in [-0.05, 0) is 44.7 Å². The summed E-state index contributed by atoms with van der Waals surface area (Å²) >= 11 is 0. The molecule has 0 aliphatic heterocycles. The van der Waals surface area contributed by atoms with Crippen LogP contribution in [0.1, 0.15) is 30.6 Å². The number of sulfonamides is 1. The molecule has 0 bridgehead atoms. The van der Waals surface area contributed by atoms with Crippen LogP contribution in [0, 0.1) is 0 Å². The lowest BCUT2D eigenvalue weighted by Crippen LogP contribution is -2.37. The van der Waals surface area contributed by atoms with Gasteiger partial charge in [-0.2, -0.15) is 0 Å². The topological polar surface area (TPSA) is 78.5 Å². The van der Waals surface area contributed by atoms with E-state index in [4.69, 9.17) is 0 Å². The molecule has 6 nitrogen and oxygen atoms in total. The number of rotatable bonds is 8. The van der Waals surface area contributed by atoms with Crippen LogP contribution in [0.5, 0.6) is 0 Å². The average molecular weight is 327 g/mol. The van der Waals surface area contributed by atoms with Crippen LogP contribution in [0.4, 0.5) is 0 Å². The molecule has 0 aromatic heterocycles. The number of likely N-dealkylation sites (N-methyl/N-ethyl adjacent to an activating group) is 1. The third-order valence-corrected chi connectivity index (χ3v) is 5.23. The molecule has 1 atom stereocenters. The molecule has 0 aliphatic rings. The molecule has 2 N–H and O–H groups in total. The van der Waals surface area contributed by atoms with E-state index in [-0.39, 0.29) is 10.8 Å². The van der Waals surface area contributed by atoms with E-state index in [1.54, 1.807) is 0 Å². The second-order valence-electron chi connectivity index (χ2n) is 5.24. The predicted octanol–water partition coefficient (Wildman–Crippen LogP) is 1.05. The summed E-state index contributed by atoms with van der Waals surface area (Å²) in [5.41, 5.74) is 0.429. The Morgan fingerprint density at radius 1 is 1.27 bits per heavy atom. The standard InChI is InChI=1S/C15H25N3O3S/c1-5-12(2)18(4)11-10-17-22(20,21)14-8-6-13(7-9-14)15(19)16-3/h6-9,12,17H,5,10-11H2,1-4H3,(H,16,19). The van der Waals surface area contributed by atoms with Gasteiger partial charge in [-0.3, -0.25) is 4.79 Å². The SMILES string of the molecule is CCC(C)N(C)CCNS(=O)(=O)c1ccc(C(=O)NC)cc1. The fourth-order valence-electron chi connectivity index (χ4n) is 1.90. The van der Waals surface area contributed by atoms with Gasteiger partial charge in [0.1, 0.15) is 0 Å². The Morgan fingerprint density at radius 3 is 2.36 bits per heavy atom. The largest absolute Gasteiger partial charge is 0.355 e. The number of carbonyl (C=O) groups is 1.